The number of fused-ring (bicyclic) bond motifs is 4. The first kappa shape index (κ1) is 29.1. The number of rotatable bonds is 8. The number of hydrogen-bond donors (Lipinski definition) is 3. The van der Waals surface area contributed by atoms with Crippen LogP contribution in [0.4, 0.5) is 11.4 Å². The molecule has 6 nitrogen and oxygen atoms in total. The number of ether oxygens (including phenoxy) is 1. The van der Waals surface area contributed by atoms with Crippen molar-refractivity contribution in [2.75, 3.05) is 24.8 Å². The van der Waals surface area contributed by atoms with Crippen LogP contribution >= 0.6 is 0 Å². The summed E-state index contributed by atoms with van der Waals surface area (Å²) in [4.78, 5) is 5.35. The second-order valence-electron chi connectivity index (χ2n) is 12.6. The fraction of sp³-hybridized carbons (Fsp3) is 0.195. The maximum atomic E-state index is 5.81. The molecule has 0 saturated carbocycles. The highest BCUT2D eigenvalue weighted by Gasteiger charge is 2.47. The predicted molar refractivity (Wildman–Crippen MR) is 192 cm³/mol. The first-order valence-corrected chi connectivity index (χ1v) is 16.4. The molecule has 234 valence electrons. The molecule has 3 aliphatic rings. The summed E-state index contributed by atoms with van der Waals surface area (Å²) in [6.45, 7) is 2.33. The van der Waals surface area contributed by atoms with E-state index in [0.717, 1.165) is 52.7 Å². The molecule has 2 heterocycles. The standard InChI is InChI=1S/C41H39N5O/c1-41-31(28-17-7-11-23-34(28)45-41)20-13-21-32(41)38(42-2)29-18-8-10-22-33(29)43-35-24-14-25-36-39(35)44-40(30-19-9-12-26-37(30)47-3)46(36)27-15-5-4-6-16-27/h4-13,15-24,26,31,38,42-43,45H,14,25H2,1-3H3. The van der Waals surface area contributed by atoms with Gasteiger partial charge in [0, 0.05) is 23.0 Å². The summed E-state index contributed by atoms with van der Waals surface area (Å²) in [6.07, 6.45) is 10.9. The van der Waals surface area contributed by atoms with Crippen molar-refractivity contribution < 1.29 is 4.74 Å². The lowest BCUT2D eigenvalue weighted by atomic mass is 9.72. The van der Waals surface area contributed by atoms with Gasteiger partial charge in [0.05, 0.1) is 35.6 Å². The van der Waals surface area contributed by atoms with Crippen LogP contribution in [0.15, 0.2) is 133 Å². The van der Waals surface area contributed by atoms with Gasteiger partial charge >= 0.3 is 0 Å². The van der Waals surface area contributed by atoms with Crippen LogP contribution in [0.3, 0.4) is 0 Å². The fourth-order valence-electron chi connectivity index (χ4n) is 7.75. The zero-order valence-electron chi connectivity index (χ0n) is 27.0. The largest absolute Gasteiger partial charge is 0.496 e. The van der Waals surface area contributed by atoms with Crippen LogP contribution in [0.5, 0.6) is 5.75 Å². The number of likely N-dealkylation sites (N-methyl/N-ethyl adjacent to an activating group) is 1. The quantitative estimate of drug-likeness (QED) is 0.163. The van der Waals surface area contributed by atoms with E-state index in [1.54, 1.807) is 7.11 Å². The molecular formula is C41H39N5O. The normalized spacial score (nSPS) is 19.9. The minimum absolute atomic E-state index is 0.0207. The average molecular weight is 618 g/mol. The van der Waals surface area contributed by atoms with Crippen LogP contribution in [-0.4, -0.2) is 29.2 Å². The highest BCUT2D eigenvalue weighted by atomic mass is 16.5. The molecule has 3 atom stereocenters. The smallest absolute Gasteiger partial charge is 0.149 e. The van der Waals surface area contributed by atoms with Gasteiger partial charge in [0.2, 0.25) is 0 Å². The second-order valence-corrected chi connectivity index (χ2v) is 12.6. The molecule has 8 rings (SSSR count). The first-order valence-electron chi connectivity index (χ1n) is 16.4. The van der Waals surface area contributed by atoms with Crippen molar-refractivity contribution in [3.63, 3.8) is 0 Å². The maximum Gasteiger partial charge on any atom is 0.149 e. The molecule has 0 fully saturated rings. The van der Waals surface area contributed by atoms with E-state index < -0.39 is 0 Å². The molecule has 1 aromatic heterocycles. The van der Waals surface area contributed by atoms with Crippen LogP contribution in [0.1, 0.15) is 47.8 Å². The van der Waals surface area contributed by atoms with Crippen molar-refractivity contribution in [3.8, 4) is 22.8 Å². The predicted octanol–water partition coefficient (Wildman–Crippen LogP) is 8.67. The summed E-state index contributed by atoms with van der Waals surface area (Å²) in [7, 11) is 3.77. The van der Waals surface area contributed by atoms with Crippen LogP contribution in [0, 0.1) is 0 Å². The summed E-state index contributed by atoms with van der Waals surface area (Å²) in [6, 6.07) is 36.0. The van der Waals surface area contributed by atoms with Crippen LogP contribution < -0.4 is 20.7 Å². The van der Waals surface area contributed by atoms with Gasteiger partial charge in [-0.1, -0.05) is 91.0 Å². The zero-order chi connectivity index (χ0) is 32.0. The van der Waals surface area contributed by atoms with E-state index in [2.05, 4.69) is 144 Å². The second kappa shape index (κ2) is 11.8. The topological polar surface area (TPSA) is 63.1 Å². The van der Waals surface area contributed by atoms with Crippen molar-refractivity contribution in [2.24, 2.45) is 0 Å². The van der Waals surface area contributed by atoms with Crippen molar-refractivity contribution >= 4 is 17.1 Å². The van der Waals surface area contributed by atoms with Gasteiger partial charge in [-0.3, -0.25) is 4.57 Å². The summed E-state index contributed by atoms with van der Waals surface area (Å²) >= 11 is 0. The Bertz CT molecular complexity index is 2060. The van der Waals surface area contributed by atoms with Gasteiger partial charge in [0.1, 0.15) is 17.3 Å². The van der Waals surface area contributed by atoms with Gasteiger partial charge in [-0.2, -0.15) is 0 Å². The van der Waals surface area contributed by atoms with E-state index in [1.807, 2.05) is 18.2 Å². The minimum Gasteiger partial charge on any atom is -0.496 e. The molecule has 4 aromatic carbocycles. The van der Waals surface area contributed by atoms with Crippen molar-refractivity contribution in [2.45, 2.75) is 37.3 Å². The summed E-state index contributed by atoms with van der Waals surface area (Å²) in [5, 5.41) is 11.4. The number of imidazole rings is 1. The monoisotopic (exact) mass is 617 g/mol. The van der Waals surface area contributed by atoms with Crippen LogP contribution in [-0.2, 0) is 6.42 Å². The number of aromatic nitrogens is 2. The maximum absolute atomic E-state index is 5.81. The molecular weight excluding hydrogens is 578 g/mol. The van der Waals surface area contributed by atoms with Gasteiger partial charge in [-0.15, -0.1) is 0 Å². The Hall–Kier alpha value is -5.33. The highest BCUT2D eigenvalue weighted by molar-refractivity contribution is 5.82. The summed E-state index contributed by atoms with van der Waals surface area (Å²) in [5.41, 5.74) is 11.1. The van der Waals surface area contributed by atoms with Gasteiger partial charge in [-0.25, -0.2) is 4.98 Å². The molecule has 5 aromatic rings. The van der Waals surface area contributed by atoms with Crippen LogP contribution in [0.25, 0.3) is 22.8 Å². The number of allylic oxidation sites excluding steroid dienone is 3. The number of benzene rings is 4. The molecule has 0 saturated heterocycles. The molecule has 2 aliphatic carbocycles. The van der Waals surface area contributed by atoms with E-state index in [9.17, 15) is 0 Å². The third kappa shape index (κ3) is 4.79. The molecule has 3 N–H and O–H groups in total. The van der Waals surface area contributed by atoms with E-state index >= 15 is 0 Å². The van der Waals surface area contributed by atoms with E-state index in [4.69, 9.17) is 9.72 Å². The number of hydrogen-bond acceptors (Lipinski definition) is 5. The number of nitrogens with one attached hydrogen (secondary N) is 3. The summed E-state index contributed by atoms with van der Waals surface area (Å²) in [5.74, 6) is 1.94. The first-order chi connectivity index (χ1) is 23.1. The number of anilines is 2. The van der Waals surface area contributed by atoms with Gasteiger partial charge in [-0.05, 0) is 79.9 Å². The van der Waals surface area contributed by atoms with Gasteiger partial charge in [0.15, 0.2) is 0 Å². The molecule has 0 radical (unpaired) electrons. The molecule has 1 aliphatic heterocycles. The van der Waals surface area contributed by atoms with Gasteiger partial charge in [0.25, 0.3) is 0 Å². The highest BCUT2D eigenvalue weighted by Crippen LogP contribution is 2.52. The Labute approximate surface area is 276 Å². The zero-order valence-corrected chi connectivity index (χ0v) is 27.0. The fourth-order valence-corrected chi connectivity index (χ4v) is 7.75. The van der Waals surface area contributed by atoms with Crippen LogP contribution in [0.2, 0.25) is 0 Å². The van der Waals surface area contributed by atoms with E-state index in [0.29, 0.717) is 0 Å². The average Bonchev–Trinajstić information content (AvgIpc) is 3.66. The van der Waals surface area contributed by atoms with E-state index in [-0.39, 0.29) is 17.5 Å². The molecule has 0 spiro atoms. The molecule has 3 unspecified atom stereocenters. The number of nitrogens with zero attached hydrogens (tertiary/aromatic N) is 2. The molecule has 6 heteroatoms. The Kier molecular flexibility index (Phi) is 7.30. The van der Waals surface area contributed by atoms with Crippen molar-refractivity contribution in [1.29, 1.82) is 0 Å². The third-order valence-electron chi connectivity index (χ3n) is 9.95. The van der Waals surface area contributed by atoms with Crippen molar-refractivity contribution in [1.82, 2.24) is 14.9 Å². The summed E-state index contributed by atoms with van der Waals surface area (Å²) < 4.78 is 8.11. The number of para-hydroxylation sites is 4. The minimum atomic E-state index is -0.255. The van der Waals surface area contributed by atoms with E-state index in [1.165, 1.54) is 28.1 Å². The van der Waals surface area contributed by atoms with Crippen molar-refractivity contribution in [3.05, 3.63) is 156 Å². The Morgan fingerprint density at radius 2 is 1.70 bits per heavy atom. The molecule has 0 bridgehead atoms. The lowest BCUT2D eigenvalue weighted by Gasteiger charge is -2.40. The Morgan fingerprint density at radius 1 is 0.936 bits per heavy atom. The lowest BCUT2D eigenvalue weighted by Crippen LogP contribution is -2.43. The SMILES string of the molecule is CNC(C1=CC=CC2c3ccccc3NC12C)c1ccccc1NC1=CCCc2c1nc(-c1ccccc1OC)n2-c1ccccc1. The Morgan fingerprint density at radius 3 is 2.55 bits per heavy atom. The third-order valence-corrected chi connectivity index (χ3v) is 9.95. The number of methoxy groups -OCH3 is 1. The molecule has 47 heavy (non-hydrogen) atoms. The Balaban J connectivity index is 1.19. The van der Waals surface area contributed by atoms with Gasteiger partial charge < -0.3 is 20.7 Å². The molecule has 0 amide bonds. The lowest BCUT2D eigenvalue weighted by molar-refractivity contribution is 0.416.